The molecule has 0 saturated heterocycles. The zero-order chi connectivity index (χ0) is 10.2. The minimum atomic E-state index is 0. The van der Waals surface area contributed by atoms with Crippen molar-refractivity contribution in [2.75, 3.05) is 0 Å². The lowest BCUT2D eigenvalue weighted by molar-refractivity contribution is -0.697. The number of aryl methyl sites for hydroxylation is 2. The van der Waals surface area contributed by atoms with E-state index in [1.807, 2.05) is 0 Å². The normalized spacial score (nSPS) is 9.73. The number of hydrogen-bond acceptors (Lipinski definition) is 0. The minimum Gasteiger partial charge on any atom is -1.00 e. The molecule has 1 rings (SSSR count). The molecule has 0 bridgehead atoms. The average Bonchev–Trinajstić information content (AvgIpc) is 2.24. The van der Waals surface area contributed by atoms with Crippen molar-refractivity contribution in [3.05, 3.63) is 30.1 Å². The molecule has 0 aliphatic carbocycles. The van der Waals surface area contributed by atoms with E-state index < -0.39 is 0 Å². The molecule has 1 nitrogen and oxygen atoms in total. The first-order valence-corrected chi connectivity index (χ1v) is 5.84. The smallest absolute Gasteiger partial charge is 0.171 e. The quantitative estimate of drug-likeness (QED) is 0.518. The van der Waals surface area contributed by atoms with E-state index >= 15 is 0 Å². The van der Waals surface area contributed by atoms with Crippen LogP contribution in [0, 0.1) is 0 Å². The highest BCUT2D eigenvalue weighted by molar-refractivity contribution is 5.05. The SMILES string of the molecule is CCCCc1ccc[n+](CCCC)c1.[I-]. The lowest BCUT2D eigenvalue weighted by atomic mass is 10.1. The van der Waals surface area contributed by atoms with E-state index in [4.69, 9.17) is 0 Å². The molecule has 86 valence electrons. The van der Waals surface area contributed by atoms with Crippen molar-refractivity contribution in [2.24, 2.45) is 0 Å². The van der Waals surface area contributed by atoms with E-state index in [9.17, 15) is 0 Å². The molecule has 15 heavy (non-hydrogen) atoms. The maximum Gasteiger partial charge on any atom is 0.171 e. The Labute approximate surface area is 111 Å². The Morgan fingerprint density at radius 2 is 1.87 bits per heavy atom. The van der Waals surface area contributed by atoms with Crippen molar-refractivity contribution in [3.63, 3.8) is 0 Å². The molecule has 1 aromatic heterocycles. The van der Waals surface area contributed by atoms with E-state index in [0.717, 1.165) is 6.54 Å². The summed E-state index contributed by atoms with van der Waals surface area (Å²) in [5.74, 6) is 0. The maximum absolute atomic E-state index is 2.31. The third kappa shape index (κ3) is 6.13. The van der Waals surface area contributed by atoms with Gasteiger partial charge in [-0.15, -0.1) is 0 Å². The van der Waals surface area contributed by atoms with Crippen LogP contribution in [0.4, 0.5) is 0 Å². The van der Waals surface area contributed by atoms with E-state index in [-0.39, 0.29) is 24.0 Å². The predicted molar refractivity (Wildman–Crippen MR) is 60.2 cm³/mol. The van der Waals surface area contributed by atoms with Crippen LogP contribution in [-0.2, 0) is 13.0 Å². The van der Waals surface area contributed by atoms with Crippen molar-refractivity contribution in [1.29, 1.82) is 0 Å². The molecule has 0 N–H and O–H groups in total. The summed E-state index contributed by atoms with van der Waals surface area (Å²) in [5, 5.41) is 0. The summed E-state index contributed by atoms with van der Waals surface area (Å²) in [7, 11) is 0. The first kappa shape index (κ1) is 14.9. The van der Waals surface area contributed by atoms with Crippen LogP contribution in [0.1, 0.15) is 45.1 Å². The predicted octanol–water partition coefficient (Wildman–Crippen LogP) is 0.121. The molecule has 0 amide bonds. The molecule has 0 fully saturated rings. The molecule has 0 aliphatic rings. The molecule has 0 atom stereocenters. The summed E-state index contributed by atoms with van der Waals surface area (Å²) in [5.41, 5.74) is 1.48. The summed E-state index contributed by atoms with van der Waals surface area (Å²) in [6.07, 6.45) is 10.8. The lowest BCUT2D eigenvalue weighted by Gasteiger charge is -1.99. The van der Waals surface area contributed by atoms with Gasteiger partial charge in [0.05, 0.1) is 0 Å². The molecule has 1 heterocycles. The van der Waals surface area contributed by atoms with Crippen molar-refractivity contribution < 1.29 is 28.5 Å². The van der Waals surface area contributed by atoms with Gasteiger partial charge >= 0.3 is 0 Å². The molecule has 0 aromatic carbocycles. The van der Waals surface area contributed by atoms with E-state index in [2.05, 4.69) is 42.9 Å². The monoisotopic (exact) mass is 319 g/mol. The molecule has 0 spiro atoms. The van der Waals surface area contributed by atoms with Gasteiger partial charge in [0.25, 0.3) is 0 Å². The Balaban J connectivity index is 0.00000196. The van der Waals surface area contributed by atoms with Gasteiger partial charge in [-0.3, -0.25) is 0 Å². The van der Waals surface area contributed by atoms with Gasteiger partial charge in [-0.05, 0) is 18.9 Å². The second-order valence-electron chi connectivity index (χ2n) is 3.91. The molecule has 0 unspecified atom stereocenters. The minimum absolute atomic E-state index is 0. The molecule has 2 heteroatoms. The fourth-order valence-electron chi connectivity index (χ4n) is 1.58. The lowest BCUT2D eigenvalue weighted by Crippen LogP contribution is -3.00. The van der Waals surface area contributed by atoms with Crippen molar-refractivity contribution >= 4 is 0 Å². The third-order valence-electron chi connectivity index (χ3n) is 2.51. The van der Waals surface area contributed by atoms with Gasteiger partial charge in [-0.1, -0.05) is 26.7 Å². The Morgan fingerprint density at radius 3 is 2.53 bits per heavy atom. The van der Waals surface area contributed by atoms with Gasteiger partial charge in [-0.2, -0.15) is 0 Å². The number of aromatic nitrogens is 1. The Hall–Kier alpha value is -0.120. The molecular formula is C13H22IN. The van der Waals surface area contributed by atoms with Crippen LogP contribution in [-0.4, -0.2) is 0 Å². The second kappa shape index (κ2) is 9.13. The zero-order valence-electron chi connectivity index (χ0n) is 9.88. The van der Waals surface area contributed by atoms with E-state index in [1.165, 1.54) is 37.7 Å². The van der Waals surface area contributed by atoms with Crippen LogP contribution < -0.4 is 28.5 Å². The molecule has 0 aliphatic heterocycles. The third-order valence-corrected chi connectivity index (χ3v) is 2.51. The maximum atomic E-state index is 2.31. The molecular weight excluding hydrogens is 297 g/mol. The summed E-state index contributed by atoms with van der Waals surface area (Å²) < 4.78 is 2.31. The summed E-state index contributed by atoms with van der Waals surface area (Å²) in [6.45, 7) is 5.64. The fraction of sp³-hybridized carbons (Fsp3) is 0.615. The highest BCUT2D eigenvalue weighted by atomic mass is 127. The van der Waals surface area contributed by atoms with Crippen molar-refractivity contribution in [1.82, 2.24) is 0 Å². The zero-order valence-corrected chi connectivity index (χ0v) is 12.0. The highest BCUT2D eigenvalue weighted by Gasteiger charge is 2.01. The summed E-state index contributed by atoms with van der Waals surface area (Å²) in [4.78, 5) is 0. The number of halogens is 1. The summed E-state index contributed by atoms with van der Waals surface area (Å²) >= 11 is 0. The van der Waals surface area contributed by atoms with E-state index in [0.29, 0.717) is 0 Å². The second-order valence-corrected chi connectivity index (χ2v) is 3.91. The van der Waals surface area contributed by atoms with Crippen LogP contribution in [0.5, 0.6) is 0 Å². The van der Waals surface area contributed by atoms with Crippen LogP contribution >= 0.6 is 0 Å². The van der Waals surface area contributed by atoms with Gasteiger partial charge in [0.2, 0.25) is 0 Å². The Bertz CT molecular complexity index is 237. The van der Waals surface area contributed by atoms with Gasteiger partial charge in [0.1, 0.15) is 6.54 Å². The van der Waals surface area contributed by atoms with Crippen LogP contribution in [0.2, 0.25) is 0 Å². The van der Waals surface area contributed by atoms with Crippen LogP contribution in [0.25, 0.3) is 0 Å². The van der Waals surface area contributed by atoms with Gasteiger partial charge in [-0.25, -0.2) is 4.57 Å². The Kier molecular flexibility index (Phi) is 9.06. The number of rotatable bonds is 6. The van der Waals surface area contributed by atoms with Crippen molar-refractivity contribution in [3.8, 4) is 0 Å². The van der Waals surface area contributed by atoms with Gasteiger partial charge < -0.3 is 24.0 Å². The van der Waals surface area contributed by atoms with Gasteiger partial charge in [0, 0.05) is 18.1 Å². The first-order valence-electron chi connectivity index (χ1n) is 5.84. The van der Waals surface area contributed by atoms with Crippen LogP contribution in [0.3, 0.4) is 0 Å². The summed E-state index contributed by atoms with van der Waals surface area (Å²) in [6, 6.07) is 4.40. The first-order chi connectivity index (χ1) is 6.86. The van der Waals surface area contributed by atoms with Gasteiger partial charge in [0.15, 0.2) is 12.4 Å². The van der Waals surface area contributed by atoms with Crippen molar-refractivity contribution in [2.45, 2.75) is 52.5 Å². The number of unbranched alkanes of at least 4 members (excludes halogenated alkanes) is 2. The topological polar surface area (TPSA) is 3.88 Å². The number of hydrogen-bond donors (Lipinski definition) is 0. The molecule has 0 saturated carbocycles. The average molecular weight is 319 g/mol. The molecule has 1 aromatic rings. The van der Waals surface area contributed by atoms with Crippen LogP contribution in [0.15, 0.2) is 24.5 Å². The number of pyridine rings is 1. The standard InChI is InChI=1S/C13H22N.HI/c1-3-5-8-13-9-7-11-14(12-13)10-6-4-2;/h7,9,11-12H,3-6,8,10H2,1-2H3;1H/q+1;/p-1. The largest absolute Gasteiger partial charge is 1.00 e. The fourth-order valence-corrected chi connectivity index (χ4v) is 1.58. The highest BCUT2D eigenvalue weighted by Crippen LogP contribution is 2.01. The number of nitrogens with zero attached hydrogens (tertiary/aromatic N) is 1. The van der Waals surface area contributed by atoms with E-state index in [1.54, 1.807) is 0 Å². The molecule has 0 radical (unpaired) electrons. The Morgan fingerprint density at radius 1 is 1.13 bits per heavy atom.